The van der Waals surface area contributed by atoms with Crippen LogP contribution in [-0.4, -0.2) is 23.4 Å². The van der Waals surface area contributed by atoms with Gasteiger partial charge in [0.1, 0.15) is 0 Å². The molecule has 0 bridgehead atoms. The van der Waals surface area contributed by atoms with Gasteiger partial charge in [-0.3, -0.25) is 0 Å². The second kappa shape index (κ2) is 10.6. The number of fused-ring (bicyclic) bond motifs is 9. The monoisotopic (exact) mass is 654 g/mol. The lowest BCUT2D eigenvalue weighted by atomic mass is 9.74. The van der Waals surface area contributed by atoms with Gasteiger partial charge in [-0.1, -0.05) is 133 Å². The Morgan fingerprint density at radius 1 is 0.373 bits per heavy atom. The summed E-state index contributed by atoms with van der Waals surface area (Å²) in [6.07, 6.45) is 1.26. The van der Waals surface area contributed by atoms with E-state index in [2.05, 4.69) is 146 Å². The Balaban J connectivity index is 1.08. The molecule has 11 rings (SSSR count). The molecule has 8 aromatic rings. The van der Waals surface area contributed by atoms with Crippen molar-refractivity contribution < 1.29 is 10.2 Å². The first-order chi connectivity index (χ1) is 25.2. The van der Waals surface area contributed by atoms with Gasteiger partial charge in [-0.15, -0.1) is 0 Å². The van der Waals surface area contributed by atoms with Crippen LogP contribution in [0.25, 0.3) is 99.4 Å². The first kappa shape index (κ1) is 29.0. The van der Waals surface area contributed by atoms with Crippen LogP contribution in [0.1, 0.15) is 24.0 Å². The van der Waals surface area contributed by atoms with Crippen molar-refractivity contribution in [1.29, 1.82) is 0 Å². The molecule has 0 atom stereocenters. The molecule has 2 N–H and O–H groups in total. The van der Waals surface area contributed by atoms with Gasteiger partial charge in [-0.25, -0.2) is 0 Å². The third-order valence-corrected chi connectivity index (χ3v) is 12.1. The Hall–Kier alpha value is -5.80. The Labute approximate surface area is 296 Å². The zero-order chi connectivity index (χ0) is 33.8. The Kier molecular flexibility index (Phi) is 6.03. The molecular weight excluding hydrogens is 621 g/mol. The molecule has 0 fully saturated rings. The van der Waals surface area contributed by atoms with Crippen molar-refractivity contribution in [1.82, 2.24) is 0 Å². The van der Waals surface area contributed by atoms with Crippen LogP contribution in [0, 0.1) is 0 Å². The van der Waals surface area contributed by atoms with Crippen LogP contribution in [0.3, 0.4) is 0 Å². The molecule has 0 aromatic heterocycles. The zero-order valence-corrected chi connectivity index (χ0v) is 28.1. The summed E-state index contributed by atoms with van der Waals surface area (Å²) in [5, 5.41) is 26.7. The van der Waals surface area contributed by atoms with Gasteiger partial charge in [0.15, 0.2) is 0 Å². The highest BCUT2D eigenvalue weighted by atomic mass is 16.3. The van der Waals surface area contributed by atoms with E-state index in [1.54, 1.807) is 0 Å². The first-order valence-corrected chi connectivity index (χ1v) is 18.0. The number of hydrogen-bond acceptors (Lipinski definition) is 2. The van der Waals surface area contributed by atoms with Crippen molar-refractivity contribution >= 4 is 21.5 Å². The maximum atomic E-state index is 11.5. The highest BCUT2D eigenvalue weighted by Gasteiger charge is 2.43. The molecule has 0 saturated carbocycles. The van der Waals surface area contributed by atoms with Crippen LogP contribution in [0.4, 0.5) is 0 Å². The lowest BCUT2D eigenvalue weighted by molar-refractivity contribution is 0.197. The average molecular weight is 655 g/mol. The van der Waals surface area contributed by atoms with E-state index in [1.165, 1.54) is 88.3 Å². The van der Waals surface area contributed by atoms with Crippen molar-refractivity contribution in [2.75, 3.05) is 13.2 Å². The summed E-state index contributed by atoms with van der Waals surface area (Å²) in [5.74, 6) is 0. The molecule has 51 heavy (non-hydrogen) atoms. The number of rotatable bonds is 6. The molecule has 0 saturated heterocycles. The zero-order valence-electron chi connectivity index (χ0n) is 28.1. The molecule has 242 valence electrons. The molecule has 3 aliphatic carbocycles. The van der Waals surface area contributed by atoms with Crippen molar-refractivity contribution in [2.45, 2.75) is 18.3 Å². The minimum atomic E-state index is -0.629. The molecule has 3 aliphatic rings. The summed E-state index contributed by atoms with van der Waals surface area (Å²) in [7, 11) is 0. The SMILES string of the molecule is OCCCC1(CO)c2cc(-c3ccc4c5c(cccc35)-c3ccccc3-4)ccc2-c2ccc(-c3ccc4c5c(cccc35)-c3ccccc3-4)cc21. The van der Waals surface area contributed by atoms with Crippen LogP contribution in [-0.2, 0) is 5.41 Å². The van der Waals surface area contributed by atoms with E-state index >= 15 is 0 Å². The van der Waals surface area contributed by atoms with Gasteiger partial charge in [0.2, 0.25) is 0 Å². The van der Waals surface area contributed by atoms with E-state index in [4.69, 9.17) is 0 Å². The molecule has 0 radical (unpaired) electrons. The normalized spacial score (nSPS) is 13.8. The Morgan fingerprint density at radius 3 is 1.20 bits per heavy atom. The summed E-state index contributed by atoms with van der Waals surface area (Å²) in [5.41, 5.74) is 19.0. The summed E-state index contributed by atoms with van der Waals surface area (Å²) in [6, 6.07) is 53.5. The maximum absolute atomic E-state index is 11.5. The van der Waals surface area contributed by atoms with Crippen LogP contribution >= 0.6 is 0 Å². The largest absolute Gasteiger partial charge is 0.396 e. The second-order valence-corrected chi connectivity index (χ2v) is 14.5. The van der Waals surface area contributed by atoms with E-state index in [0.29, 0.717) is 12.8 Å². The van der Waals surface area contributed by atoms with E-state index in [9.17, 15) is 10.2 Å². The fourth-order valence-corrected chi connectivity index (χ4v) is 9.85. The maximum Gasteiger partial charge on any atom is 0.0569 e. The highest BCUT2D eigenvalue weighted by molar-refractivity contribution is 6.20. The topological polar surface area (TPSA) is 40.5 Å². The van der Waals surface area contributed by atoms with Crippen molar-refractivity contribution in [3.63, 3.8) is 0 Å². The lowest BCUT2D eigenvalue weighted by Crippen LogP contribution is -2.30. The minimum Gasteiger partial charge on any atom is -0.396 e. The van der Waals surface area contributed by atoms with Gasteiger partial charge >= 0.3 is 0 Å². The minimum absolute atomic E-state index is 0.0296. The van der Waals surface area contributed by atoms with Gasteiger partial charge in [0.25, 0.3) is 0 Å². The van der Waals surface area contributed by atoms with Gasteiger partial charge in [-0.05, 0) is 136 Å². The molecular formula is C49H34O2. The predicted octanol–water partition coefficient (Wildman–Crippen LogP) is 11.7. The summed E-state index contributed by atoms with van der Waals surface area (Å²) in [4.78, 5) is 0. The number of aliphatic hydroxyl groups excluding tert-OH is 2. The van der Waals surface area contributed by atoms with Gasteiger partial charge in [0, 0.05) is 12.0 Å². The van der Waals surface area contributed by atoms with Crippen LogP contribution in [0.2, 0.25) is 0 Å². The Bertz CT molecular complexity index is 2540. The fraction of sp³-hybridized carbons (Fsp3) is 0.102. The van der Waals surface area contributed by atoms with E-state index < -0.39 is 5.41 Å². The van der Waals surface area contributed by atoms with Crippen molar-refractivity contribution in [3.05, 3.63) is 157 Å². The molecule has 0 amide bonds. The predicted molar refractivity (Wildman–Crippen MR) is 211 cm³/mol. The third-order valence-electron chi connectivity index (χ3n) is 12.1. The van der Waals surface area contributed by atoms with Crippen LogP contribution in [0.5, 0.6) is 0 Å². The first-order valence-electron chi connectivity index (χ1n) is 18.0. The number of aliphatic hydroxyl groups is 2. The molecule has 0 aliphatic heterocycles. The van der Waals surface area contributed by atoms with Gasteiger partial charge in [0.05, 0.1) is 6.61 Å². The average Bonchev–Trinajstić information content (AvgIpc) is 3.80. The van der Waals surface area contributed by atoms with Gasteiger partial charge < -0.3 is 10.2 Å². The molecule has 2 heteroatoms. The number of benzene rings is 8. The Morgan fingerprint density at radius 2 is 0.765 bits per heavy atom. The third kappa shape index (κ3) is 3.79. The molecule has 0 unspecified atom stereocenters. The summed E-state index contributed by atoms with van der Waals surface area (Å²) >= 11 is 0. The van der Waals surface area contributed by atoms with Crippen molar-refractivity contribution in [2.24, 2.45) is 0 Å². The molecule has 0 heterocycles. The van der Waals surface area contributed by atoms with Crippen LogP contribution < -0.4 is 0 Å². The standard InChI is InChI=1S/C49H34O2/c50-25-7-24-49(28-51)45-26-29(31-20-22-43-35-10-3-1-8-33(35)41-14-5-12-39(31)47(41)43)16-18-37(45)38-19-17-30(27-46(38)49)32-21-23-44-36-11-4-2-9-34(36)42-15-6-13-40(32)48(42)44/h1-6,8-23,26-27,50-51H,7,24-25,28H2. The second-order valence-electron chi connectivity index (χ2n) is 14.5. The van der Waals surface area contributed by atoms with Crippen molar-refractivity contribution in [3.8, 4) is 77.9 Å². The van der Waals surface area contributed by atoms with E-state index in [1.807, 2.05) is 0 Å². The molecule has 2 nitrogen and oxygen atoms in total. The van der Waals surface area contributed by atoms with Crippen LogP contribution in [0.15, 0.2) is 146 Å². The quantitative estimate of drug-likeness (QED) is 0.187. The number of hydrogen-bond donors (Lipinski definition) is 2. The van der Waals surface area contributed by atoms with Gasteiger partial charge in [-0.2, -0.15) is 0 Å². The highest BCUT2D eigenvalue weighted by Crippen LogP contribution is 2.55. The molecule has 8 aromatic carbocycles. The summed E-state index contributed by atoms with van der Waals surface area (Å²) < 4.78 is 0. The summed E-state index contributed by atoms with van der Waals surface area (Å²) in [6.45, 7) is 0.0505. The fourth-order valence-electron chi connectivity index (χ4n) is 9.85. The smallest absolute Gasteiger partial charge is 0.0569 e. The molecule has 0 spiro atoms. The lowest BCUT2D eigenvalue weighted by Gasteiger charge is -2.30. The van der Waals surface area contributed by atoms with E-state index in [0.717, 1.165) is 22.3 Å². The van der Waals surface area contributed by atoms with E-state index in [-0.39, 0.29) is 13.2 Å².